The van der Waals surface area contributed by atoms with Gasteiger partial charge in [0.05, 0.1) is 0 Å². The van der Waals surface area contributed by atoms with Gasteiger partial charge in [-0.25, -0.2) is 0 Å². The van der Waals surface area contributed by atoms with Crippen LogP contribution in [0.4, 0.5) is 0 Å². The number of hydrogen-bond donors (Lipinski definition) is 1. The highest BCUT2D eigenvalue weighted by molar-refractivity contribution is 6.30. The number of benzene rings is 1. The van der Waals surface area contributed by atoms with Crippen LogP contribution in [0, 0.1) is 0 Å². The Morgan fingerprint density at radius 3 is 2.89 bits per heavy atom. The lowest BCUT2D eigenvalue weighted by atomic mass is 10.2. The van der Waals surface area contributed by atoms with Crippen molar-refractivity contribution >= 4 is 17.5 Å². The van der Waals surface area contributed by atoms with Gasteiger partial charge in [0.2, 0.25) is 0 Å². The maximum Gasteiger partial charge on any atom is 0.260 e. The minimum Gasteiger partial charge on any atom is -0.481 e. The summed E-state index contributed by atoms with van der Waals surface area (Å²) < 4.78 is 5.52. The quantitative estimate of drug-likeness (QED) is 0.771. The fraction of sp³-hybridized carbons (Fsp3) is 0.500. The summed E-state index contributed by atoms with van der Waals surface area (Å²) in [6, 6.07) is 7.04. The summed E-state index contributed by atoms with van der Waals surface area (Å²) in [5.41, 5.74) is 0. The van der Waals surface area contributed by atoms with Gasteiger partial charge >= 0.3 is 0 Å². The van der Waals surface area contributed by atoms with Crippen LogP contribution >= 0.6 is 11.6 Å². The van der Waals surface area contributed by atoms with E-state index in [0.29, 0.717) is 17.3 Å². The maximum absolute atomic E-state index is 11.7. The summed E-state index contributed by atoms with van der Waals surface area (Å²) in [5.74, 6) is 0.518. The molecule has 1 amide bonds. The van der Waals surface area contributed by atoms with E-state index in [0.717, 1.165) is 19.3 Å². The van der Waals surface area contributed by atoms with Crippen molar-refractivity contribution < 1.29 is 9.53 Å². The normalized spacial score (nSPS) is 11.9. The van der Waals surface area contributed by atoms with Crippen LogP contribution in [0.1, 0.15) is 33.1 Å². The van der Waals surface area contributed by atoms with Gasteiger partial charge in [-0.1, -0.05) is 37.4 Å². The Labute approximate surface area is 113 Å². The van der Waals surface area contributed by atoms with E-state index in [1.54, 1.807) is 31.2 Å². The Kier molecular flexibility index (Phi) is 6.58. The highest BCUT2D eigenvalue weighted by Gasteiger charge is 2.13. The van der Waals surface area contributed by atoms with Gasteiger partial charge < -0.3 is 10.1 Å². The first-order valence-corrected chi connectivity index (χ1v) is 6.71. The summed E-state index contributed by atoms with van der Waals surface area (Å²) in [6.45, 7) is 4.57. The van der Waals surface area contributed by atoms with Crippen molar-refractivity contribution in [2.24, 2.45) is 0 Å². The molecule has 0 aliphatic heterocycles. The first kappa shape index (κ1) is 14.8. The van der Waals surface area contributed by atoms with Crippen LogP contribution in [-0.2, 0) is 4.79 Å². The molecule has 0 aliphatic carbocycles. The molecule has 0 bridgehead atoms. The number of hydrogen-bond acceptors (Lipinski definition) is 2. The van der Waals surface area contributed by atoms with Gasteiger partial charge in [-0.15, -0.1) is 0 Å². The third-order valence-corrected chi connectivity index (χ3v) is 2.79. The molecule has 4 heteroatoms. The van der Waals surface area contributed by atoms with Crippen LogP contribution in [0.15, 0.2) is 24.3 Å². The van der Waals surface area contributed by atoms with Gasteiger partial charge in [0.25, 0.3) is 5.91 Å². The van der Waals surface area contributed by atoms with Crippen molar-refractivity contribution in [1.82, 2.24) is 5.32 Å². The topological polar surface area (TPSA) is 38.3 Å². The van der Waals surface area contributed by atoms with Crippen molar-refractivity contribution in [3.63, 3.8) is 0 Å². The van der Waals surface area contributed by atoms with Crippen molar-refractivity contribution in [3.05, 3.63) is 29.3 Å². The molecule has 1 unspecified atom stereocenters. The molecule has 0 aromatic heterocycles. The summed E-state index contributed by atoms with van der Waals surface area (Å²) in [7, 11) is 0. The predicted molar refractivity (Wildman–Crippen MR) is 74.1 cm³/mol. The van der Waals surface area contributed by atoms with Gasteiger partial charge in [-0.3, -0.25) is 4.79 Å². The van der Waals surface area contributed by atoms with E-state index in [4.69, 9.17) is 16.3 Å². The van der Waals surface area contributed by atoms with E-state index in [2.05, 4.69) is 12.2 Å². The largest absolute Gasteiger partial charge is 0.481 e. The lowest BCUT2D eigenvalue weighted by Gasteiger charge is -2.14. The molecule has 0 fully saturated rings. The summed E-state index contributed by atoms with van der Waals surface area (Å²) >= 11 is 5.85. The lowest BCUT2D eigenvalue weighted by molar-refractivity contribution is -0.127. The Morgan fingerprint density at radius 2 is 2.22 bits per heavy atom. The molecule has 1 aromatic carbocycles. The smallest absolute Gasteiger partial charge is 0.260 e. The van der Waals surface area contributed by atoms with E-state index in [-0.39, 0.29) is 5.91 Å². The highest BCUT2D eigenvalue weighted by atomic mass is 35.5. The first-order valence-electron chi connectivity index (χ1n) is 6.33. The van der Waals surface area contributed by atoms with Crippen LogP contribution in [0.25, 0.3) is 0 Å². The molecule has 0 radical (unpaired) electrons. The molecular formula is C14H20ClNO2. The molecule has 0 saturated heterocycles. The van der Waals surface area contributed by atoms with E-state index >= 15 is 0 Å². The van der Waals surface area contributed by atoms with Crippen LogP contribution in [-0.4, -0.2) is 18.6 Å². The zero-order chi connectivity index (χ0) is 13.4. The highest BCUT2D eigenvalue weighted by Crippen LogP contribution is 2.18. The second-order valence-electron chi connectivity index (χ2n) is 4.22. The van der Waals surface area contributed by atoms with Crippen molar-refractivity contribution in [2.45, 2.75) is 39.2 Å². The maximum atomic E-state index is 11.7. The van der Waals surface area contributed by atoms with Gasteiger partial charge in [-0.05, 0) is 31.5 Å². The minimum absolute atomic E-state index is 0.0916. The number of nitrogens with one attached hydrogen (secondary N) is 1. The van der Waals surface area contributed by atoms with E-state index in [9.17, 15) is 4.79 Å². The monoisotopic (exact) mass is 269 g/mol. The fourth-order valence-electron chi connectivity index (χ4n) is 1.53. The molecule has 0 heterocycles. The van der Waals surface area contributed by atoms with Gasteiger partial charge in [0, 0.05) is 11.6 Å². The lowest BCUT2D eigenvalue weighted by Crippen LogP contribution is -2.36. The van der Waals surface area contributed by atoms with E-state index in [1.165, 1.54) is 0 Å². The van der Waals surface area contributed by atoms with Crippen LogP contribution < -0.4 is 10.1 Å². The molecule has 0 saturated carbocycles. The first-order chi connectivity index (χ1) is 8.63. The predicted octanol–water partition coefficient (Wildman–Crippen LogP) is 3.41. The van der Waals surface area contributed by atoms with Crippen LogP contribution in [0.5, 0.6) is 5.75 Å². The molecule has 0 spiro atoms. The molecule has 1 atom stereocenters. The third kappa shape index (κ3) is 5.41. The number of ether oxygens (including phenoxy) is 1. The average Bonchev–Trinajstić information content (AvgIpc) is 2.34. The van der Waals surface area contributed by atoms with Gasteiger partial charge in [0.1, 0.15) is 5.75 Å². The molecule has 0 aliphatic rings. The molecule has 18 heavy (non-hydrogen) atoms. The number of amides is 1. The third-order valence-electron chi connectivity index (χ3n) is 2.56. The number of carbonyl (C=O) groups is 1. The Bertz CT molecular complexity index is 382. The molecule has 1 rings (SSSR count). The van der Waals surface area contributed by atoms with Gasteiger partial charge in [0.15, 0.2) is 6.10 Å². The average molecular weight is 270 g/mol. The minimum atomic E-state index is -0.509. The molecule has 3 nitrogen and oxygen atoms in total. The van der Waals surface area contributed by atoms with Gasteiger partial charge in [-0.2, -0.15) is 0 Å². The van der Waals surface area contributed by atoms with Crippen LogP contribution in [0.2, 0.25) is 5.02 Å². The molecule has 1 N–H and O–H groups in total. The van der Waals surface area contributed by atoms with E-state index in [1.807, 2.05) is 0 Å². The molecule has 1 aromatic rings. The number of unbranched alkanes of at least 4 members (excludes halogenated alkanes) is 2. The number of carbonyl (C=O) groups excluding carboxylic acids is 1. The summed E-state index contributed by atoms with van der Waals surface area (Å²) in [6.07, 6.45) is 2.77. The number of rotatable bonds is 7. The SMILES string of the molecule is CCCCCNC(=O)C(C)Oc1cccc(Cl)c1. The second-order valence-corrected chi connectivity index (χ2v) is 4.65. The standard InChI is InChI=1S/C14H20ClNO2/c1-3-4-5-9-16-14(17)11(2)18-13-8-6-7-12(15)10-13/h6-8,10-11H,3-5,9H2,1-2H3,(H,16,17). The summed E-state index contributed by atoms with van der Waals surface area (Å²) in [4.78, 5) is 11.7. The Hall–Kier alpha value is -1.22. The molecular weight excluding hydrogens is 250 g/mol. The second kappa shape index (κ2) is 7.98. The van der Waals surface area contributed by atoms with E-state index < -0.39 is 6.10 Å². The Balaban J connectivity index is 2.35. The fourth-order valence-corrected chi connectivity index (χ4v) is 1.71. The number of halogens is 1. The zero-order valence-corrected chi connectivity index (χ0v) is 11.7. The van der Waals surface area contributed by atoms with Crippen molar-refractivity contribution in [2.75, 3.05) is 6.54 Å². The van der Waals surface area contributed by atoms with Crippen molar-refractivity contribution in [1.29, 1.82) is 0 Å². The molecule has 100 valence electrons. The van der Waals surface area contributed by atoms with Crippen LogP contribution in [0.3, 0.4) is 0 Å². The summed E-state index contributed by atoms with van der Waals surface area (Å²) in [5, 5.41) is 3.46. The Morgan fingerprint density at radius 1 is 1.44 bits per heavy atom. The zero-order valence-electron chi connectivity index (χ0n) is 10.9. The van der Waals surface area contributed by atoms with Crippen molar-refractivity contribution in [3.8, 4) is 5.75 Å².